The number of hydrogen-bond donors (Lipinski definition) is 1. The predicted octanol–water partition coefficient (Wildman–Crippen LogP) is 5.05. The minimum Gasteiger partial charge on any atom is -0.497 e. The Morgan fingerprint density at radius 2 is 1.87 bits per heavy atom. The largest absolute Gasteiger partial charge is 0.497 e. The number of hydrogen-bond acceptors (Lipinski definition) is 6. The van der Waals surface area contributed by atoms with Gasteiger partial charge in [0.1, 0.15) is 16.8 Å². The van der Waals surface area contributed by atoms with Crippen LogP contribution in [0.3, 0.4) is 0 Å². The molecule has 4 rings (SSSR count). The van der Waals surface area contributed by atoms with Crippen molar-refractivity contribution in [3.8, 4) is 0 Å². The maximum atomic E-state index is 14.8. The molecule has 1 N–H and O–H groups in total. The predicted molar refractivity (Wildman–Crippen MR) is 151 cm³/mol. The zero-order valence-electron chi connectivity index (χ0n) is 22.1. The molecule has 2 aromatic rings. The molecular weight excluding hydrogens is 519 g/mol. The fourth-order valence-corrected chi connectivity index (χ4v) is 6.21. The van der Waals surface area contributed by atoms with Gasteiger partial charge in [-0.2, -0.15) is 0 Å². The number of aromatic nitrogens is 1. The highest BCUT2D eigenvalue weighted by Gasteiger charge is 2.31. The van der Waals surface area contributed by atoms with Crippen LogP contribution in [0, 0.1) is 0 Å². The van der Waals surface area contributed by atoms with E-state index in [1.165, 1.54) is 13.2 Å². The number of carbonyl (C=O) groups excluding carboxylic acids is 1. The van der Waals surface area contributed by atoms with E-state index in [2.05, 4.69) is 16.3 Å². The lowest BCUT2D eigenvalue weighted by atomic mass is 10.0. The molecule has 2 heterocycles. The van der Waals surface area contributed by atoms with E-state index in [1.54, 1.807) is 54.4 Å². The van der Waals surface area contributed by atoms with Crippen LogP contribution in [0.4, 0.5) is 10.1 Å². The summed E-state index contributed by atoms with van der Waals surface area (Å²) >= 11 is 0. The number of pyridine rings is 1. The first-order valence-corrected chi connectivity index (χ1v) is 14.3. The standard InChI is InChI=1S/C29H33FN4O4S/c1-4-26(25(30)20-21(2)38-3)33-16-7-17-34(19-18-33)29(35)23-11-13-24(14-12-23)32-39(36,37)27-10-5-8-22-9-6-15-31-28(22)27/h4-6,8-9,11-15,20,27,32H,2,7,10,16-19H2,1,3H3/b25-20+,26-4+. The normalized spacial score (nSPS) is 18.3. The van der Waals surface area contributed by atoms with Crippen LogP contribution >= 0.6 is 0 Å². The first kappa shape index (κ1) is 28.1. The molecule has 8 nitrogen and oxygen atoms in total. The minimum atomic E-state index is -3.76. The fourth-order valence-electron chi connectivity index (χ4n) is 4.75. The van der Waals surface area contributed by atoms with Gasteiger partial charge in [-0.15, -0.1) is 0 Å². The third-order valence-corrected chi connectivity index (χ3v) is 8.47. The Morgan fingerprint density at radius 1 is 1.15 bits per heavy atom. The Morgan fingerprint density at radius 3 is 2.59 bits per heavy atom. The monoisotopic (exact) mass is 552 g/mol. The second-order valence-electron chi connectivity index (χ2n) is 9.30. The first-order valence-electron chi connectivity index (χ1n) is 12.8. The van der Waals surface area contributed by atoms with Crippen LogP contribution < -0.4 is 4.72 Å². The lowest BCUT2D eigenvalue weighted by molar-refractivity contribution is 0.0763. The summed E-state index contributed by atoms with van der Waals surface area (Å²) in [4.78, 5) is 21.2. The molecule has 0 bridgehead atoms. The molecule has 1 aromatic heterocycles. The van der Waals surface area contributed by atoms with Crippen LogP contribution in [0.1, 0.15) is 46.6 Å². The highest BCUT2D eigenvalue weighted by atomic mass is 32.2. The van der Waals surface area contributed by atoms with Crippen molar-refractivity contribution in [1.82, 2.24) is 14.8 Å². The van der Waals surface area contributed by atoms with Crippen molar-refractivity contribution in [3.63, 3.8) is 0 Å². The van der Waals surface area contributed by atoms with Crippen LogP contribution in [0.2, 0.25) is 0 Å². The van der Waals surface area contributed by atoms with E-state index < -0.39 is 21.1 Å². The quantitative estimate of drug-likeness (QED) is 0.364. The van der Waals surface area contributed by atoms with Gasteiger partial charge in [-0.3, -0.25) is 14.5 Å². The van der Waals surface area contributed by atoms with Crippen molar-refractivity contribution < 1.29 is 22.3 Å². The van der Waals surface area contributed by atoms with Crippen LogP contribution in [-0.2, 0) is 14.8 Å². The molecule has 1 aliphatic carbocycles. The summed E-state index contributed by atoms with van der Waals surface area (Å²) < 4.78 is 48.6. The molecule has 39 heavy (non-hydrogen) atoms. The molecule has 1 aromatic carbocycles. The number of methoxy groups -OCH3 is 1. The van der Waals surface area contributed by atoms with Crippen LogP contribution in [0.15, 0.2) is 84.7 Å². The number of anilines is 1. The van der Waals surface area contributed by atoms with Gasteiger partial charge in [0.2, 0.25) is 10.0 Å². The van der Waals surface area contributed by atoms with Crippen LogP contribution in [-0.4, -0.2) is 62.4 Å². The molecule has 0 radical (unpaired) electrons. The molecule has 2 aliphatic rings. The van der Waals surface area contributed by atoms with Crippen molar-refractivity contribution in [2.75, 3.05) is 38.0 Å². The molecule has 1 aliphatic heterocycles. The number of carbonyl (C=O) groups is 1. The van der Waals surface area contributed by atoms with E-state index in [-0.39, 0.29) is 11.7 Å². The van der Waals surface area contributed by atoms with E-state index in [0.29, 0.717) is 61.7 Å². The molecule has 1 unspecified atom stereocenters. The Kier molecular flexibility index (Phi) is 8.86. The average Bonchev–Trinajstić information content (AvgIpc) is 3.19. The maximum absolute atomic E-state index is 14.8. The highest BCUT2D eigenvalue weighted by molar-refractivity contribution is 7.93. The zero-order valence-corrected chi connectivity index (χ0v) is 23.0. The molecule has 206 valence electrons. The van der Waals surface area contributed by atoms with Gasteiger partial charge in [0.05, 0.1) is 18.5 Å². The lowest BCUT2D eigenvalue weighted by Crippen LogP contribution is -2.35. The summed E-state index contributed by atoms with van der Waals surface area (Å²) in [7, 11) is -2.33. The molecule has 1 atom stereocenters. The fraction of sp³-hybridized carbons (Fsp3) is 0.310. The lowest BCUT2D eigenvalue weighted by Gasteiger charge is -2.25. The van der Waals surface area contributed by atoms with E-state index in [4.69, 9.17) is 4.74 Å². The minimum absolute atomic E-state index is 0.160. The van der Waals surface area contributed by atoms with Gasteiger partial charge in [-0.25, -0.2) is 12.8 Å². The third-order valence-electron chi connectivity index (χ3n) is 6.78. The first-order chi connectivity index (χ1) is 18.7. The summed E-state index contributed by atoms with van der Waals surface area (Å²) in [5, 5.41) is -0.797. The molecule has 1 saturated heterocycles. The third kappa shape index (κ3) is 6.57. The summed E-state index contributed by atoms with van der Waals surface area (Å²) in [5.41, 5.74) is 2.57. The summed E-state index contributed by atoms with van der Waals surface area (Å²) in [5.74, 6) is -0.375. The number of amides is 1. The molecule has 10 heteroatoms. The van der Waals surface area contributed by atoms with Gasteiger partial charge in [0, 0.05) is 49.7 Å². The number of nitrogens with zero attached hydrogens (tertiary/aromatic N) is 3. The maximum Gasteiger partial charge on any atom is 0.253 e. The number of ether oxygens (including phenoxy) is 1. The van der Waals surface area contributed by atoms with E-state index in [1.807, 2.05) is 23.1 Å². The molecular formula is C29H33FN4O4S. The number of sulfonamides is 1. The SMILES string of the molecule is C=C(/C=C(F)\C(=C/C)N1CCCN(C(=O)c2ccc(NS(=O)(=O)C3CC=Cc4cccnc43)cc2)CC1)OC. The summed E-state index contributed by atoms with van der Waals surface area (Å²) in [6.07, 6.45) is 9.25. The Balaban J connectivity index is 1.40. The van der Waals surface area contributed by atoms with Gasteiger partial charge in [0.25, 0.3) is 5.91 Å². The van der Waals surface area contributed by atoms with Crippen molar-refractivity contribution in [2.45, 2.75) is 25.0 Å². The number of allylic oxidation sites excluding steroid dienone is 4. The van der Waals surface area contributed by atoms with Gasteiger partial charge in [-0.05, 0) is 55.7 Å². The second-order valence-corrected chi connectivity index (χ2v) is 11.2. The van der Waals surface area contributed by atoms with Crippen molar-refractivity contribution in [3.05, 3.63) is 102 Å². The Labute approximate surface area is 229 Å². The number of rotatable bonds is 8. The van der Waals surface area contributed by atoms with Crippen molar-refractivity contribution in [1.29, 1.82) is 0 Å². The number of halogens is 1. The van der Waals surface area contributed by atoms with E-state index in [9.17, 15) is 17.6 Å². The Hall–Kier alpha value is -3.92. The average molecular weight is 553 g/mol. The smallest absolute Gasteiger partial charge is 0.253 e. The summed E-state index contributed by atoms with van der Waals surface area (Å²) in [6.45, 7) is 7.42. The highest BCUT2D eigenvalue weighted by Crippen LogP contribution is 2.33. The molecule has 1 amide bonds. The number of fused-ring (bicyclic) bond motifs is 1. The van der Waals surface area contributed by atoms with Crippen LogP contribution in [0.5, 0.6) is 0 Å². The summed E-state index contributed by atoms with van der Waals surface area (Å²) in [6, 6.07) is 10.0. The topological polar surface area (TPSA) is 91.8 Å². The number of nitrogens with one attached hydrogen (secondary N) is 1. The van der Waals surface area contributed by atoms with Crippen molar-refractivity contribution in [2.24, 2.45) is 0 Å². The molecule has 1 fully saturated rings. The van der Waals surface area contributed by atoms with Crippen LogP contribution in [0.25, 0.3) is 6.08 Å². The van der Waals surface area contributed by atoms with Gasteiger partial charge >= 0.3 is 0 Å². The van der Waals surface area contributed by atoms with Gasteiger partial charge < -0.3 is 14.5 Å². The Bertz CT molecular complexity index is 1420. The second kappa shape index (κ2) is 12.3. The zero-order chi connectivity index (χ0) is 28.0. The van der Waals surface area contributed by atoms with Gasteiger partial charge in [-0.1, -0.05) is 30.9 Å². The number of benzene rings is 1. The molecule has 0 spiro atoms. The molecule has 0 saturated carbocycles. The van der Waals surface area contributed by atoms with Gasteiger partial charge in [0.15, 0.2) is 0 Å². The van der Waals surface area contributed by atoms with E-state index >= 15 is 0 Å². The van der Waals surface area contributed by atoms with E-state index in [0.717, 1.165) is 5.56 Å². The van der Waals surface area contributed by atoms with Crippen molar-refractivity contribution >= 4 is 27.7 Å².